The number of alkyl halides is 3. The van der Waals surface area contributed by atoms with Crippen molar-refractivity contribution in [1.29, 1.82) is 0 Å². The molecule has 0 atom stereocenters. The Morgan fingerprint density at radius 2 is 2.00 bits per heavy atom. The van der Waals surface area contributed by atoms with Crippen LogP contribution in [-0.2, 0) is 0 Å². The average Bonchev–Trinajstić information content (AvgIpc) is 2.05. The first-order chi connectivity index (χ1) is 6.38. The highest BCUT2D eigenvalue weighted by Gasteiger charge is 2.26. The number of rotatable bonds is 2. The number of nitrogens with one attached hydrogen (secondary N) is 1. The van der Waals surface area contributed by atoms with E-state index < -0.39 is 12.7 Å². The molecule has 1 N–H and O–H groups in total. The van der Waals surface area contributed by atoms with Crippen LogP contribution in [0.15, 0.2) is 22.7 Å². The zero-order valence-electron chi connectivity index (χ0n) is 6.83. The Morgan fingerprint density at radius 3 is 2.57 bits per heavy atom. The summed E-state index contributed by atoms with van der Waals surface area (Å²) in [4.78, 5) is 0. The molecule has 0 aliphatic rings. The van der Waals surface area contributed by atoms with Crippen LogP contribution in [0.2, 0.25) is 5.02 Å². The van der Waals surface area contributed by atoms with Crippen molar-refractivity contribution in [3.8, 4) is 0 Å². The molecule has 6 heteroatoms. The highest BCUT2D eigenvalue weighted by molar-refractivity contribution is 9.10. The van der Waals surface area contributed by atoms with Gasteiger partial charge in [-0.3, -0.25) is 0 Å². The van der Waals surface area contributed by atoms with E-state index in [2.05, 4.69) is 21.2 Å². The summed E-state index contributed by atoms with van der Waals surface area (Å²) in [5, 5.41) is 2.47. The molecule has 0 saturated heterocycles. The van der Waals surface area contributed by atoms with E-state index in [1.807, 2.05) is 0 Å². The van der Waals surface area contributed by atoms with Gasteiger partial charge in [-0.1, -0.05) is 27.5 Å². The van der Waals surface area contributed by atoms with Crippen LogP contribution in [0.3, 0.4) is 0 Å². The summed E-state index contributed by atoms with van der Waals surface area (Å²) in [5.74, 6) is 0. The van der Waals surface area contributed by atoms with Gasteiger partial charge in [0.05, 0.1) is 10.7 Å². The quantitative estimate of drug-likeness (QED) is 0.865. The van der Waals surface area contributed by atoms with Crippen molar-refractivity contribution >= 4 is 33.2 Å². The van der Waals surface area contributed by atoms with E-state index in [1.54, 1.807) is 6.07 Å². The highest BCUT2D eigenvalue weighted by Crippen LogP contribution is 2.26. The van der Waals surface area contributed by atoms with Gasteiger partial charge in [0.15, 0.2) is 0 Å². The fraction of sp³-hybridized carbons (Fsp3) is 0.250. The monoisotopic (exact) mass is 287 g/mol. The van der Waals surface area contributed by atoms with E-state index in [1.165, 1.54) is 12.1 Å². The second-order valence-electron chi connectivity index (χ2n) is 2.59. The van der Waals surface area contributed by atoms with Crippen LogP contribution < -0.4 is 5.32 Å². The van der Waals surface area contributed by atoms with Crippen LogP contribution in [0.1, 0.15) is 0 Å². The number of hydrogen-bond acceptors (Lipinski definition) is 1. The maximum atomic E-state index is 11.9. The molecular weight excluding hydrogens is 282 g/mol. The Labute approximate surface area is 92.4 Å². The number of benzene rings is 1. The Kier molecular flexibility index (Phi) is 3.66. The van der Waals surface area contributed by atoms with Gasteiger partial charge < -0.3 is 5.32 Å². The summed E-state index contributed by atoms with van der Waals surface area (Å²) >= 11 is 8.81. The van der Waals surface area contributed by atoms with E-state index in [-0.39, 0.29) is 10.7 Å². The van der Waals surface area contributed by atoms with Crippen molar-refractivity contribution < 1.29 is 13.2 Å². The second kappa shape index (κ2) is 4.40. The molecule has 0 radical (unpaired) electrons. The Bertz CT molecular complexity index is 327. The highest BCUT2D eigenvalue weighted by atomic mass is 79.9. The summed E-state index contributed by atoms with van der Waals surface area (Å²) in [7, 11) is 0. The first-order valence-corrected chi connectivity index (χ1v) is 4.81. The lowest BCUT2D eigenvalue weighted by atomic mass is 10.3. The van der Waals surface area contributed by atoms with E-state index in [0.717, 1.165) is 0 Å². The van der Waals surface area contributed by atoms with Gasteiger partial charge in [-0.2, -0.15) is 13.2 Å². The molecule has 0 bridgehead atoms. The summed E-state index contributed by atoms with van der Waals surface area (Å²) in [6, 6.07) is 4.67. The molecule has 0 heterocycles. The fourth-order valence-electron chi connectivity index (χ4n) is 0.828. The van der Waals surface area contributed by atoms with Crippen molar-refractivity contribution in [2.45, 2.75) is 6.18 Å². The van der Waals surface area contributed by atoms with E-state index in [4.69, 9.17) is 11.6 Å². The Hall–Kier alpha value is -0.420. The lowest BCUT2D eigenvalue weighted by Crippen LogP contribution is -2.21. The third kappa shape index (κ3) is 3.75. The standard InChI is InChI=1S/C8H6BrClF3N/c9-5-1-2-6(10)7(3-5)14-4-8(11,12)13/h1-3,14H,4H2. The zero-order chi connectivity index (χ0) is 10.8. The summed E-state index contributed by atoms with van der Waals surface area (Å²) in [5.41, 5.74) is 0.262. The molecule has 0 unspecified atom stereocenters. The predicted octanol–water partition coefficient (Wildman–Crippen LogP) is 4.08. The molecule has 1 rings (SSSR count). The first-order valence-electron chi connectivity index (χ1n) is 3.64. The molecule has 0 aromatic heterocycles. The molecule has 0 saturated carbocycles. The SMILES string of the molecule is FC(F)(F)CNc1cc(Br)ccc1Cl. The largest absolute Gasteiger partial charge is 0.405 e. The van der Waals surface area contributed by atoms with Crippen LogP contribution in [0, 0.1) is 0 Å². The summed E-state index contributed by atoms with van der Waals surface area (Å²) in [6.45, 7) is -1.09. The van der Waals surface area contributed by atoms with Crippen molar-refractivity contribution in [1.82, 2.24) is 0 Å². The van der Waals surface area contributed by atoms with Crippen LogP contribution in [0.5, 0.6) is 0 Å². The van der Waals surface area contributed by atoms with Gasteiger partial charge in [-0.05, 0) is 18.2 Å². The molecule has 0 aliphatic heterocycles. The van der Waals surface area contributed by atoms with Crippen LogP contribution in [0.25, 0.3) is 0 Å². The summed E-state index contributed by atoms with van der Waals surface area (Å²) in [6.07, 6.45) is -4.24. The molecule has 78 valence electrons. The van der Waals surface area contributed by atoms with E-state index in [0.29, 0.717) is 4.47 Å². The van der Waals surface area contributed by atoms with Crippen molar-refractivity contribution in [3.63, 3.8) is 0 Å². The topological polar surface area (TPSA) is 12.0 Å². The fourth-order valence-corrected chi connectivity index (χ4v) is 1.37. The lowest BCUT2D eigenvalue weighted by molar-refractivity contribution is -0.115. The van der Waals surface area contributed by atoms with E-state index in [9.17, 15) is 13.2 Å². The normalized spacial score (nSPS) is 11.5. The number of anilines is 1. The molecule has 1 aromatic rings. The minimum Gasteiger partial charge on any atom is -0.375 e. The van der Waals surface area contributed by atoms with Gasteiger partial charge in [0.25, 0.3) is 0 Å². The van der Waals surface area contributed by atoms with Gasteiger partial charge in [0, 0.05) is 4.47 Å². The molecule has 0 fully saturated rings. The van der Waals surface area contributed by atoms with Crippen molar-refractivity contribution in [2.24, 2.45) is 0 Å². The van der Waals surface area contributed by atoms with Gasteiger partial charge in [0.2, 0.25) is 0 Å². The Balaban J connectivity index is 2.72. The van der Waals surface area contributed by atoms with Crippen LogP contribution in [0.4, 0.5) is 18.9 Å². The van der Waals surface area contributed by atoms with Gasteiger partial charge in [0.1, 0.15) is 6.54 Å². The maximum Gasteiger partial charge on any atom is 0.405 e. The van der Waals surface area contributed by atoms with Crippen LogP contribution >= 0.6 is 27.5 Å². The Morgan fingerprint density at radius 1 is 1.36 bits per heavy atom. The zero-order valence-corrected chi connectivity index (χ0v) is 9.17. The van der Waals surface area contributed by atoms with Crippen LogP contribution in [-0.4, -0.2) is 12.7 Å². The molecule has 0 aliphatic carbocycles. The van der Waals surface area contributed by atoms with Crippen molar-refractivity contribution in [2.75, 3.05) is 11.9 Å². The molecule has 14 heavy (non-hydrogen) atoms. The van der Waals surface area contributed by atoms with Gasteiger partial charge >= 0.3 is 6.18 Å². The molecule has 1 aromatic carbocycles. The molecular formula is C8H6BrClF3N. The van der Waals surface area contributed by atoms with E-state index >= 15 is 0 Å². The van der Waals surface area contributed by atoms with Gasteiger partial charge in [-0.15, -0.1) is 0 Å². The second-order valence-corrected chi connectivity index (χ2v) is 3.92. The molecule has 0 spiro atoms. The minimum atomic E-state index is -4.24. The maximum absolute atomic E-state index is 11.9. The third-order valence-electron chi connectivity index (χ3n) is 1.41. The lowest BCUT2D eigenvalue weighted by Gasteiger charge is -2.10. The smallest absolute Gasteiger partial charge is 0.375 e. The molecule has 0 amide bonds. The number of hydrogen-bond donors (Lipinski definition) is 1. The molecule has 1 nitrogen and oxygen atoms in total. The first kappa shape index (κ1) is 11.7. The third-order valence-corrected chi connectivity index (χ3v) is 2.23. The predicted molar refractivity (Wildman–Crippen MR) is 53.7 cm³/mol. The van der Waals surface area contributed by atoms with Crippen molar-refractivity contribution in [3.05, 3.63) is 27.7 Å². The number of halogens is 5. The summed E-state index contributed by atoms with van der Waals surface area (Å²) < 4.78 is 36.2. The van der Waals surface area contributed by atoms with Gasteiger partial charge in [-0.25, -0.2) is 0 Å². The minimum absolute atomic E-state index is 0.262. The average molecular weight is 288 g/mol.